The lowest BCUT2D eigenvalue weighted by Crippen LogP contribution is -2.46. The van der Waals surface area contributed by atoms with Crippen LogP contribution in [0.2, 0.25) is 18.1 Å². The minimum Gasteiger partial charge on any atom is -0.411 e. The van der Waals surface area contributed by atoms with E-state index in [1.807, 2.05) is 0 Å². The maximum Gasteiger partial charge on any atom is 0.223 e. The van der Waals surface area contributed by atoms with Crippen molar-refractivity contribution in [3.05, 3.63) is 18.4 Å². The van der Waals surface area contributed by atoms with E-state index in [4.69, 9.17) is 4.43 Å². The van der Waals surface area contributed by atoms with Crippen LogP contribution in [0, 0.1) is 0 Å². The molecule has 1 aliphatic rings. The van der Waals surface area contributed by atoms with Gasteiger partial charge >= 0.3 is 0 Å². The largest absolute Gasteiger partial charge is 0.411 e. The lowest BCUT2D eigenvalue weighted by molar-refractivity contribution is -0.119. The highest BCUT2D eigenvalue weighted by Gasteiger charge is 2.43. The Labute approximate surface area is 105 Å². The van der Waals surface area contributed by atoms with Gasteiger partial charge in [0, 0.05) is 0 Å². The molecule has 1 saturated heterocycles. The van der Waals surface area contributed by atoms with Crippen LogP contribution in [0.15, 0.2) is 18.4 Å². The first-order chi connectivity index (χ1) is 7.67. The number of carbonyl (C=O) groups excluding carboxylic acids is 1. The van der Waals surface area contributed by atoms with E-state index in [9.17, 15) is 4.79 Å². The summed E-state index contributed by atoms with van der Waals surface area (Å²) in [5, 5.41) is 3.03. The molecular formula is C13H23NO2Si. The monoisotopic (exact) mass is 253 g/mol. The maximum absolute atomic E-state index is 11.4. The average molecular weight is 253 g/mol. The molecule has 3 nitrogen and oxygen atoms in total. The molecule has 0 aromatic rings. The van der Waals surface area contributed by atoms with Gasteiger partial charge in [0.2, 0.25) is 5.91 Å². The number of nitrogens with one attached hydrogen (secondary N) is 1. The molecule has 1 rings (SSSR count). The molecule has 0 radical (unpaired) electrons. The zero-order chi connectivity index (χ0) is 13.3. The maximum atomic E-state index is 11.4. The van der Waals surface area contributed by atoms with Crippen LogP contribution in [0.5, 0.6) is 0 Å². The first-order valence-corrected chi connectivity index (χ1v) is 8.91. The van der Waals surface area contributed by atoms with Crippen LogP contribution in [-0.2, 0) is 9.22 Å². The number of hydrogen-bond donors (Lipinski definition) is 1. The van der Waals surface area contributed by atoms with Crippen molar-refractivity contribution in [2.75, 3.05) is 0 Å². The van der Waals surface area contributed by atoms with Gasteiger partial charge in [-0.25, -0.2) is 0 Å². The van der Waals surface area contributed by atoms with Crippen molar-refractivity contribution in [3.63, 3.8) is 0 Å². The summed E-state index contributed by atoms with van der Waals surface area (Å²) in [7, 11) is -1.83. The van der Waals surface area contributed by atoms with E-state index in [-0.39, 0.29) is 23.1 Å². The third kappa shape index (κ3) is 3.31. The zero-order valence-electron chi connectivity index (χ0n) is 11.5. The Morgan fingerprint density at radius 1 is 1.53 bits per heavy atom. The van der Waals surface area contributed by atoms with Crippen LogP contribution < -0.4 is 5.32 Å². The number of amides is 1. The molecule has 0 unspecified atom stereocenters. The van der Waals surface area contributed by atoms with Crippen LogP contribution in [0.4, 0.5) is 0 Å². The summed E-state index contributed by atoms with van der Waals surface area (Å²) in [4.78, 5) is 11.4. The molecular weight excluding hydrogens is 230 g/mol. The Hall–Kier alpha value is -0.833. The molecule has 0 aliphatic carbocycles. The van der Waals surface area contributed by atoms with E-state index in [0.29, 0.717) is 6.42 Å². The van der Waals surface area contributed by atoms with Gasteiger partial charge in [0.1, 0.15) is 0 Å². The van der Waals surface area contributed by atoms with Crippen molar-refractivity contribution in [1.29, 1.82) is 0 Å². The molecule has 17 heavy (non-hydrogen) atoms. The van der Waals surface area contributed by atoms with E-state index in [1.54, 1.807) is 6.08 Å². The van der Waals surface area contributed by atoms with Gasteiger partial charge in [-0.05, 0) is 24.2 Å². The summed E-state index contributed by atoms with van der Waals surface area (Å²) in [6.45, 7) is 14.5. The average Bonchev–Trinajstić information content (AvgIpc) is 2.44. The second kappa shape index (κ2) is 4.81. The van der Waals surface area contributed by atoms with Gasteiger partial charge in [-0.1, -0.05) is 27.4 Å². The minimum atomic E-state index is -1.83. The number of carbonyl (C=O) groups is 1. The predicted molar refractivity (Wildman–Crippen MR) is 72.3 cm³/mol. The summed E-state index contributed by atoms with van der Waals surface area (Å²) in [5.74, 6) is 0.0465. The summed E-state index contributed by atoms with van der Waals surface area (Å²) >= 11 is 0. The molecule has 96 valence electrons. The smallest absolute Gasteiger partial charge is 0.223 e. The number of hydrogen-bond acceptors (Lipinski definition) is 2. The predicted octanol–water partition coefficient (Wildman–Crippen LogP) is 2.61. The van der Waals surface area contributed by atoms with Crippen molar-refractivity contribution in [1.82, 2.24) is 5.32 Å². The van der Waals surface area contributed by atoms with Crippen LogP contribution in [0.3, 0.4) is 0 Å². The van der Waals surface area contributed by atoms with E-state index < -0.39 is 8.32 Å². The lowest BCUT2D eigenvalue weighted by atomic mass is 10.2. The van der Waals surface area contributed by atoms with Crippen molar-refractivity contribution >= 4 is 14.2 Å². The summed E-state index contributed by atoms with van der Waals surface area (Å²) in [6.07, 6.45) is 2.15. The Bertz CT molecular complexity index is 351. The highest BCUT2D eigenvalue weighted by Crippen LogP contribution is 2.38. The molecule has 1 N–H and O–H groups in total. The normalized spacial score (nSPS) is 25.4. The molecule has 2 atom stereocenters. The quantitative estimate of drug-likeness (QED) is 0.620. The third-order valence-corrected chi connectivity index (χ3v) is 8.17. The first kappa shape index (κ1) is 14.2. The molecule has 0 aromatic carbocycles. The van der Waals surface area contributed by atoms with Crippen molar-refractivity contribution in [3.8, 4) is 0 Å². The Morgan fingerprint density at radius 3 is 2.59 bits per heavy atom. The van der Waals surface area contributed by atoms with Crippen LogP contribution in [-0.4, -0.2) is 26.4 Å². The van der Waals surface area contributed by atoms with Gasteiger partial charge in [-0.3, -0.25) is 4.79 Å². The van der Waals surface area contributed by atoms with E-state index in [1.165, 1.54) is 0 Å². The molecule has 1 aliphatic heterocycles. The highest BCUT2D eigenvalue weighted by atomic mass is 28.4. The topological polar surface area (TPSA) is 38.3 Å². The van der Waals surface area contributed by atoms with Crippen LogP contribution in [0.1, 0.15) is 27.2 Å². The van der Waals surface area contributed by atoms with E-state index in [0.717, 1.165) is 0 Å². The molecule has 0 saturated carbocycles. The zero-order valence-corrected chi connectivity index (χ0v) is 12.5. The van der Waals surface area contributed by atoms with Crippen molar-refractivity contribution in [2.45, 2.75) is 57.5 Å². The Kier molecular flexibility index (Phi) is 4.02. The van der Waals surface area contributed by atoms with Gasteiger partial charge in [-0.15, -0.1) is 5.73 Å². The fraction of sp³-hybridized carbons (Fsp3) is 0.692. The van der Waals surface area contributed by atoms with Crippen molar-refractivity contribution < 1.29 is 9.22 Å². The van der Waals surface area contributed by atoms with E-state index in [2.05, 4.69) is 51.5 Å². The molecule has 1 amide bonds. The van der Waals surface area contributed by atoms with Gasteiger partial charge in [-0.2, -0.15) is 0 Å². The molecule has 0 aromatic heterocycles. The van der Waals surface area contributed by atoms with Crippen LogP contribution >= 0.6 is 0 Å². The Morgan fingerprint density at radius 2 is 2.12 bits per heavy atom. The molecule has 1 fully saturated rings. The highest BCUT2D eigenvalue weighted by molar-refractivity contribution is 6.74. The van der Waals surface area contributed by atoms with Gasteiger partial charge < -0.3 is 9.74 Å². The standard InChI is InChI=1S/C13H23NO2Si/c1-7-8-10-11(9-12(15)14-10)16-17(5,6)13(2,3)4/h8,10-11H,1,9H2,2-6H3,(H,14,15)/t10-,11-/m1/s1. The summed E-state index contributed by atoms with van der Waals surface area (Å²) in [5.41, 5.74) is 2.73. The van der Waals surface area contributed by atoms with E-state index >= 15 is 0 Å². The second-order valence-electron chi connectivity index (χ2n) is 6.08. The lowest BCUT2D eigenvalue weighted by Gasteiger charge is -2.39. The van der Waals surface area contributed by atoms with Gasteiger partial charge in [0.05, 0.1) is 18.6 Å². The fourth-order valence-corrected chi connectivity index (χ4v) is 2.93. The van der Waals surface area contributed by atoms with Crippen molar-refractivity contribution in [2.24, 2.45) is 0 Å². The fourth-order valence-electron chi connectivity index (χ4n) is 1.59. The summed E-state index contributed by atoms with van der Waals surface area (Å²) < 4.78 is 6.26. The molecule has 0 bridgehead atoms. The molecule has 0 spiro atoms. The number of rotatable bonds is 3. The minimum absolute atomic E-state index is 0.0465. The molecule has 1 heterocycles. The van der Waals surface area contributed by atoms with Gasteiger partial charge in [0.15, 0.2) is 8.32 Å². The summed E-state index contributed by atoms with van der Waals surface area (Å²) in [6, 6.07) is -0.0749. The SMILES string of the molecule is C=C=C[C@H]1NC(=O)C[C@H]1O[Si](C)(C)C(C)(C)C. The first-order valence-electron chi connectivity index (χ1n) is 6.00. The van der Waals surface area contributed by atoms with Gasteiger partial charge in [0.25, 0.3) is 0 Å². The van der Waals surface area contributed by atoms with Crippen LogP contribution in [0.25, 0.3) is 0 Å². The third-order valence-electron chi connectivity index (χ3n) is 3.66. The molecule has 4 heteroatoms. The Balaban J connectivity index is 2.80. The second-order valence-corrected chi connectivity index (χ2v) is 10.8.